The van der Waals surface area contributed by atoms with Gasteiger partial charge in [-0.25, -0.2) is 0 Å². The Kier molecular flexibility index (Phi) is 3.99. The number of hydrogen-bond donors (Lipinski definition) is 0. The van der Waals surface area contributed by atoms with Crippen LogP contribution in [0.1, 0.15) is 37.0 Å². The number of nitro groups is 1. The summed E-state index contributed by atoms with van der Waals surface area (Å²) in [6.07, 6.45) is 1.96. The summed E-state index contributed by atoms with van der Waals surface area (Å²) in [6.45, 7) is 5.43. The summed E-state index contributed by atoms with van der Waals surface area (Å²) in [5, 5.41) is 11.4. The molecule has 1 aromatic rings. The molecule has 0 unspecified atom stereocenters. The lowest BCUT2D eigenvalue weighted by atomic mass is 9.84. The molecule has 0 radical (unpaired) electrons. The Labute approximate surface area is 122 Å². The van der Waals surface area contributed by atoms with Crippen molar-refractivity contribution in [1.29, 1.82) is 0 Å². The number of nitro benzene ring substituents is 1. The summed E-state index contributed by atoms with van der Waals surface area (Å²) >= 11 is 5.87. The van der Waals surface area contributed by atoms with Crippen molar-refractivity contribution < 1.29 is 9.72 Å². The maximum Gasteiger partial charge on any atom is 0.282 e. The van der Waals surface area contributed by atoms with E-state index in [2.05, 4.69) is 13.8 Å². The van der Waals surface area contributed by atoms with Gasteiger partial charge in [-0.1, -0.05) is 25.4 Å². The quantitative estimate of drug-likeness (QED) is 0.619. The van der Waals surface area contributed by atoms with Gasteiger partial charge in [0.05, 0.1) is 4.92 Å². The van der Waals surface area contributed by atoms with Crippen LogP contribution in [0.2, 0.25) is 5.02 Å². The number of likely N-dealkylation sites (tertiary alicyclic amines) is 1. The molecule has 1 aromatic carbocycles. The number of carbonyl (C=O) groups excluding carboxylic acids is 1. The molecule has 0 bridgehead atoms. The lowest BCUT2D eigenvalue weighted by Gasteiger charge is -2.38. The molecule has 0 N–H and O–H groups in total. The maximum absolute atomic E-state index is 12.5. The summed E-state index contributed by atoms with van der Waals surface area (Å²) in [5.74, 6) is -0.313. The molecular formula is C14H17ClN2O3. The minimum Gasteiger partial charge on any atom is -0.338 e. The van der Waals surface area contributed by atoms with Crippen LogP contribution in [0.3, 0.4) is 0 Å². The Morgan fingerprint density at radius 3 is 2.75 bits per heavy atom. The second-order valence-electron chi connectivity index (χ2n) is 5.91. The van der Waals surface area contributed by atoms with E-state index in [0.29, 0.717) is 18.1 Å². The Balaban J connectivity index is 2.33. The van der Waals surface area contributed by atoms with Crippen LogP contribution < -0.4 is 0 Å². The average molecular weight is 297 g/mol. The van der Waals surface area contributed by atoms with E-state index in [1.165, 1.54) is 18.2 Å². The van der Waals surface area contributed by atoms with E-state index in [9.17, 15) is 14.9 Å². The summed E-state index contributed by atoms with van der Waals surface area (Å²) < 4.78 is 0. The highest BCUT2D eigenvalue weighted by atomic mass is 35.5. The highest BCUT2D eigenvalue weighted by Crippen LogP contribution is 2.31. The average Bonchev–Trinajstić information content (AvgIpc) is 2.36. The van der Waals surface area contributed by atoms with E-state index in [4.69, 9.17) is 11.6 Å². The predicted molar refractivity (Wildman–Crippen MR) is 77.0 cm³/mol. The van der Waals surface area contributed by atoms with Gasteiger partial charge < -0.3 is 4.90 Å². The van der Waals surface area contributed by atoms with Gasteiger partial charge in [0.25, 0.3) is 11.6 Å². The highest BCUT2D eigenvalue weighted by Gasteiger charge is 2.32. The number of nitrogens with zero attached hydrogens (tertiary/aromatic N) is 2. The van der Waals surface area contributed by atoms with Crippen molar-refractivity contribution in [3.05, 3.63) is 38.9 Å². The predicted octanol–water partition coefficient (Wildman–Crippen LogP) is 3.51. The molecule has 0 aliphatic carbocycles. The second-order valence-corrected chi connectivity index (χ2v) is 6.35. The first-order chi connectivity index (χ1) is 9.30. The topological polar surface area (TPSA) is 63.5 Å². The molecule has 20 heavy (non-hydrogen) atoms. The number of carbonyl (C=O) groups is 1. The molecule has 1 aliphatic rings. The number of halogens is 1. The maximum atomic E-state index is 12.5. The van der Waals surface area contributed by atoms with E-state index >= 15 is 0 Å². The summed E-state index contributed by atoms with van der Waals surface area (Å²) in [4.78, 5) is 24.7. The van der Waals surface area contributed by atoms with E-state index in [1.54, 1.807) is 4.90 Å². The Hall–Kier alpha value is -1.62. The fraction of sp³-hybridized carbons (Fsp3) is 0.500. The third-order valence-electron chi connectivity index (χ3n) is 3.57. The van der Waals surface area contributed by atoms with Crippen molar-refractivity contribution in [1.82, 2.24) is 4.90 Å². The van der Waals surface area contributed by atoms with Crippen molar-refractivity contribution in [3.8, 4) is 0 Å². The lowest BCUT2D eigenvalue weighted by Crippen LogP contribution is -2.43. The molecule has 1 amide bonds. The van der Waals surface area contributed by atoms with Gasteiger partial charge >= 0.3 is 0 Å². The van der Waals surface area contributed by atoms with Gasteiger partial charge in [0.1, 0.15) is 5.56 Å². The minimum absolute atomic E-state index is 0.0429. The molecule has 0 spiro atoms. The van der Waals surface area contributed by atoms with E-state index in [1.807, 2.05) is 0 Å². The first-order valence-corrected chi connectivity index (χ1v) is 6.91. The van der Waals surface area contributed by atoms with Gasteiger partial charge in [-0.2, -0.15) is 0 Å². The van der Waals surface area contributed by atoms with Crippen molar-refractivity contribution >= 4 is 23.2 Å². The number of benzene rings is 1. The lowest BCUT2D eigenvalue weighted by molar-refractivity contribution is -0.385. The van der Waals surface area contributed by atoms with Crippen molar-refractivity contribution in [2.45, 2.75) is 26.7 Å². The second kappa shape index (κ2) is 5.40. The fourth-order valence-electron chi connectivity index (χ4n) is 2.61. The van der Waals surface area contributed by atoms with Gasteiger partial charge in [0, 0.05) is 24.2 Å². The van der Waals surface area contributed by atoms with Gasteiger partial charge in [-0.3, -0.25) is 14.9 Å². The monoisotopic (exact) mass is 296 g/mol. The van der Waals surface area contributed by atoms with Crippen molar-refractivity contribution in [2.75, 3.05) is 13.1 Å². The molecule has 1 aliphatic heterocycles. The van der Waals surface area contributed by atoms with Crippen LogP contribution in [0.25, 0.3) is 0 Å². The molecule has 2 rings (SSSR count). The molecule has 0 atom stereocenters. The third kappa shape index (κ3) is 3.10. The van der Waals surface area contributed by atoms with Crippen molar-refractivity contribution in [3.63, 3.8) is 0 Å². The first kappa shape index (κ1) is 14.8. The van der Waals surface area contributed by atoms with Gasteiger partial charge in [-0.15, -0.1) is 0 Å². The molecule has 5 nitrogen and oxygen atoms in total. The number of hydrogen-bond acceptors (Lipinski definition) is 3. The van der Waals surface area contributed by atoms with Crippen LogP contribution in [0.4, 0.5) is 5.69 Å². The van der Waals surface area contributed by atoms with Crippen LogP contribution >= 0.6 is 11.6 Å². The van der Waals surface area contributed by atoms with E-state index < -0.39 is 4.92 Å². The SMILES string of the molecule is CC1(C)CCCN(C(=O)c2cc(Cl)ccc2[N+](=O)[O-])C1. The fourth-order valence-corrected chi connectivity index (χ4v) is 2.78. The zero-order valence-electron chi connectivity index (χ0n) is 11.6. The van der Waals surface area contributed by atoms with Crippen LogP contribution in [0.15, 0.2) is 18.2 Å². The first-order valence-electron chi connectivity index (χ1n) is 6.53. The zero-order valence-corrected chi connectivity index (χ0v) is 12.3. The van der Waals surface area contributed by atoms with Crippen LogP contribution in [0, 0.1) is 15.5 Å². The van der Waals surface area contributed by atoms with Gasteiger partial charge in [-0.05, 0) is 30.4 Å². The van der Waals surface area contributed by atoms with E-state index in [-0.39, 0.29) is 22.6 Å². The molecule has 1 heterocycles. The Morgan fingerprint density at radius 2 is 2.15 bits per heavy atom. The Morgan fingerprint density at radius 1 is 1.45 bits per heavy atom. The molecule has 1 fully saturated rings. The Bertz CT molecular complexity index is 557. The van der Waals surface area contributed by atoms with Crippen molar-refractivity contribution in [2.24, 2.45) is 5.41 Å². The number of amides is 1. The normalized spacial score (nSPS) is 17.9. The molecule has 0 saturated carbocycles. The molecule has 0 aromatic heterocycles. The highest BCUT2D eigenvalue weighted by molar-refractivity contribution is 6.31. The van der Waals surface area contributed by atoms with E-state index in [0.717, 1.165) is 12.8 Å². The molecule has 6 heteroatoms. The summed E-state index contributed by atoms with van der Waals surface area (Å²) in [6, 6.07) is 4.09. The number of rotatable bonds is 2. The summed E-state index contributed by atoms with van der Waals surface area (Å²) in [5.41, 5.74) is -0.0793. The van der Waals surface area contributed by atoms with Gasteiger partial charge in [0.15, 0.2) is 0 Å². The van der Waals surface area contributed by atoms with Crippen LogP contribution in [-0.2, 0) is 0 Å². The minimum atomic E-state index is -0.543. The largest absolute Gasteiger partial charge is 0.338 e. The smallest absolute Gasteiger partial charge is 0.282 e. The standard InChI is InChI=1S/C14H17ClN2O3/c1-14(2)6-3-7-16(9-14)13(18)11-8-10(15)4-5-12(11)17(19)20/h4-5,8H,3,6-7,9H2,1-2H3. The summed E-state index contributed by atoms with van der Waals surface area (Å²) in [7, 11) is 0. The molecule has 1 saturated heterocycles. The van der Waals surface area contributed by atoms with Gasteiger partial charge in [0.2, 0.25) is 0 Å². The molecule has 108 valence electrons. The zero-order chi connectivity index (χ0) is 14.9. The van der Waals surface area contributed by atoms with Crippen LogP contribution in [0.5, 0.6) is 0 Å². The molecular weight excluding hydrogens is 280 g/mol. The third-order valence-corrected chi connectivity index (χ3v) is 3.81. The van der Waals surface area contributed by atoms with Crippen LogP contribution in [-0.4, -0.2) is 28.8 Å². The number of piperidine rings is 1.